The summed E-state index contributed by atoms with van der Waals surface area (Å²) in [4.78, 5) is 24.4. The van der Waals surface area contributed by atoms with Gasteiger partial charge in [-0.05, 0) is 5.56 Å². The second kappa shape index (κ2) is 5.76. The van der Waals surface area contributed by atoms with Gasteiger partial charge in [0.1, 0.15) is 0 Å². The number of carbonyl (C=O) groups excluding carboxylic acids is 2. The topological polar surface area (TPSA) is 72.3 Å². The highest BCUT2D eigenvalue weighted by atomic mass is 16.2. The number of amides is 2. The standard InChI is InChI=1S/C17H13N3O2/c18-11-13-14(12-7-3-1-4-8-12)15(17(22)19-16(13)21)20-9-5-2-6-10-20/h1-10,14-15H,(H,19,21,22). The van der Waals surface area contributed by atoms with Crippen molar-refractivity contribution < 1.29 is 14.2 Å². The molecule has 2 atom stereocenters. The van der Waals surface area contributed by atoms with Gasteiger partial charge in [-0.15, -0.1) is 0 Å². The highest BCUT2D eigenvalue weighted by molar-refractivity contribution is 6.14. The monoisotopic (exact) mass is 291 g/mol. The quantitative estimate of drug-likeness (QED) is 0.390. The van der Waals surface area contributed by atoms with Crippen LogP contribution in [-0.2, 0) is 9.59 Å². The van der Waals surface area contributed by atoms with Crippen molar-refractivity contribution in [1.29, 1.82) is 0 Å². The Bertz CT molecular complexity index is 765. The Morgan fingerprint density at radius 2 is 1.64 bits per heavy atom. The summed E-state index contributed by atoms with van der Waals surface area (Å²) in [6.07, 6.45) is 3.51. The molecule has 2 aromatic rings. The van der Waals surface area contributed by atoms with Crippen LogP contribution in [0.2, 0.25) is 0 Å². The van der Waals surface area contributed by atoms with Crippen LogP contribution in [0.1, 0.15) is 17.5 Å². The van der Waals surface area contributed by atoms with Crippen molar-refractivity contribution in [2.24, 2.45) is 0 Å². The van der Waals surface area contributed by atoms with Gasteiger partial charge >= 0.3 is 0 Å². The van der Waals surface area contributed by atoms with E-state index in [1.54, 1.807) is 29.1 Å². The largest absolute Gasteiger partial charge is 0.763 e. The number of aromatic nitrogens is 1. The van der Waals surface area contributed by atoms with E-state index < -0.39 is 23.8 Å². The zero-order valence-electron chi connectivity index (χ0n) is 11.6. The number of nitrogens with zero attached hydrogens (tertiary/aromatic N) is 2. The maximum Gasteiger partial charge on any atom is 0.296 e. The molecule has 0 radical (unpaired) electrons. The molecule has 1 N–H and O–H groups in total. The van der Waals surface area contributed by atoms with Gasteiger partial charge in [-0.3, -0.25) is 20.8 Å². The molecule has 1 saturated heterocycles. The molecular formula is C17H13N3O2. The van der Waals surface area contributed by atoms with Gasteiger partial charge in [-0.1, -0.05) is 36.4 Å². The minimum Gasteiger partial charge on any atom is -0.763 e. The van der Waals surface area contributed by atoms with Crippen molar-refractivity contribution in [3.63, 3.8) is 0 Å². The molecule has 2 amide bonds. The maximum absolute atomic E-state index is 12.4. The van der Waals surface area contributed by atoms with E-state index in [2.05, 4.69) is 5.32 Å². The molecule has 5 heteroatoms. The number of imide groups is 1. The third-order valence-electron chi connectivity index (χ3n) is 3.72. The van der Waals surface area contributed by atoms with E-state index in [0.29, 0.717) is 0 Å². The summed E-state index contributed by atoms with van der Waals surface area (Å²) in [5.74, 6) is 0.339. The van der Waals surface area contributed by atoms with Gasteiger partial charge in [0.15, 0.2) is 12.4 Å². The van der Waals surface area contributed by atoms with Crippen LogP contribution in [0, 0.1) is 0 Å². The molecule has 0 spiro atoms. The lowest BCUT2D eigenvalue weighted by atomic mass is 9.81. The Hall–Kier alpha value is -3.04. The Kier molecular flexibility index (Phi) is 3.64. The molecule has 0 bridgehead atoms. The molecule has 2 unspecified atom stereocenters. The van der Waals surface area contributed by atoms with Crippen LogP contribution in [0.25, 0.3) is 5.41 Å². The highest BCUT2D eigenvalue weighted by Crippen LogP contribution is 2.34. The van der Waals surface area contributed by atoms with E-state index in [9.17, 15) is 15.0 Å². The smallest absolute Gasteiger partial charge is 0.296 e. The number of nitrogens with one attached hydrogen (secondary N) is 1. The lowest BCUT2D eigenvalue weighted by Crippen LogP contribution is -2.57. The third-order valence-corrected chi connectivity index (χ3v) is 3.72. The predicted molar refractivity (Wildman–Crippen MR) is 79.9 cm³/mol. The minimum atomic E-state index is -0.670. The average Bonchev–Trinajstić information content (AvgIpc) is 2.56. The molecule has 22 heavy (non-hydrogen) atoms. The summed E-state index contributed by atoms with van der Waals surface area (Å²) in [5, 5.41) is 11.6. The van der Waals surface area contributed by atoms with Crippen molar-refractivity contribution in [2.75, 3.05) is 0 Å². The number of benzene rings is 1. The second-order valence-electron chi connectivity index (χ2n) is 5.00. The first-order valence-corrected chi connectivity index (χ1v) is 6.85. The van der Waals surface area contributed by atoms with E-state index in [1.807, 2.05) is 42.3 Å². The van der Waals surface area contributed by atoms with Crippen LogP contribution < -0.4 is 9.88 Å². The normalized spacial score (nSPS) is 21.2. The number of hydrogen-bond donors (Lipinski definition) is 1. The molecule has 0 aliphatic carbocycles. The van der Waals surface area contributed by atoms with Crippen molar-refractivity contribution in [2.45, 2.75) is 12.0 Å². The Morgan fingerprint density at radius 1 is 1.00 bits per heavy atom. The molecule has 1 aliphatic rings. The van der Waals surface area contributed by atoms with Gasteiger partial charge in [-0.25, -0.2) is 0 Å². The van der Waals surface area contributed by atoms with Gasteiger partial charge < -0.3 is 5.41 Å². The van der Waals surface area contributed by atoms with Crippen LogP contribution in [0.3, 0.4) is 0 Å². The van der Waals surface area contributed by atoms with E-state index in [4.69, 9.17) is 0 Å². The maximum atomic E-state index is 12.4. The number of hydrogen-bond acceptors (Lipinski definition) is 2. The molecule has 5 nitrogen and oxygen atoms in total. The SMILES string of the molecule is [N-]=C=C1C(=O)NC(=O)C([n+]2ccccc2)C1c1ccccc1. The van der Waals surface area contributed by atoms with Crippen molar-refractivity contribution in [1.82, 2.24) is 5.32 Å². The van der Waals surface area contributed by atoms with E-state index in [0.717, 1.165) is 5.56 Å². The fraction of sp³-hybridized carbons (Fsp3) is 0.118. The first-order valence-electron chi connectivity index (χ1n) is 6.85. The van der Waals surface area contributed by atoms with Gasteiger partial charge in [0.25, 0.3) is 11.8 Å². The lowest BCUT2D eigenvalue weighted by Gasteiger charge is -2.28. The Labute approximate surface area is 127 Å². The van der Waals surface area contributed by atoms with E-state index in [1.165, 1.54) is 0 Å². The average molecular weight is 291 g/mol. The van der Waals surface area contributed by atoms with E-state index in [-0.39, 0.29) is 5.57 Å². The van der Waals surface area contributed by atoms with Gasteiger partial charge in [0.2, 0.25) is 6.04 Å². The number of carbonyl (C=O) groups is 2. The molecule has 0 saturated carbocycles. The molecule has 1 aromatic heterocycles. The number of rotatable bonds is 2. The third kappa shape index (κ3) is 2.34. The molecule has 1 aliphatic heterocycles. The molecule has 2 heterocycles. The highest BCUT2D eigenvalue weighted by Gasteiger charge is 2.46. The van der Waals surface area contributed by atoms with Crippen LogP contribution in [-0.4, -0.2) is 17.7 Å². The van der Waals surface area contributed by atoms with Crippen LogP contribution in [0.4, 0.5) is 0 Å². The zero-order valence-corrected chi connectivity index (χ0v) is 11.6. The van der Waals surface area contributed by atoms with E-state index >= 15 is 0 Å². The summed E-state index contributed by atoms with van der Waals surface area (Å²) in [5.41, 5.74) is 0.816. The molecule has 108 valence electrons. The number of pyridine rings is 1. The van der Waals surface area contributed by atoms with Crippen molar-refractivity contribution >= 4 is 17.7 Å². The lowest BCUT2D eigenvalue weighted by molar-refractivity contribution is -0.711. The minimum absolute atomic E-state index is 0.0483. The summed E-state index contributed by atoms with van der Waals surface area (Å²) in [6.45, 7) is 0. The van der Waals surface area contributed by atoms with Gasteiger partial charge in [-0.2, -0.15) is 4.57 Å². The second-order valence-corrected chi connectivity index (χ2v) is 5.00. The summed E-state index contributed by atoms with van der Waals surface area (Å²) in [6, 6.07) is 13.9. The summed E-state index contributed by atoms with van der Waals surface area (Å²) < 4.78 is 1.72. The van der Waals surface area contributed by atoms with Crippen LogP contribution in [0.5, 0.6) is 0 Å². The van der Waals surface area contributed by atoms with Crippen LogP contribution in [0.15, 0.2) is 66.5 Å². The van der Waals surface area contributed by atoms with Gasteiger partial charge in [0.05, 0.1) is 11.5 Å². The fourth-order valence-corrected chi connectivity index (χ4v) is 2.74. The molecule has 1 fully saturated rings. The Morgan fingerprint density at radius 3 is 2.27 bits per heavy atom. The number of piperidine rings is 1. The predicted octanol–water partition coefficient (Wildman–Crippen LogP) is 1.12. The first kappa shape index (κ1) is 13.9. The van der Waals surface area contributed by atoms with Crippen molar-refractivity contribution in [3.8, 4) is 0 Å². The van der Waals surface area contributed by atoms with Crippen molar-refractivity contribution in [3.05, 3.63) is 77.5 Å². The van der Waals surface area contributed by atoms with Crippen LogP contribution >= 0.6 is 0 Å². The molecule has 1 aromatic carbocycles. The molecular weight excluding hydrogens is 278 g/mol. The molecule has 3 rings (SSSR count). The Balaban J connectivity index is 2.18. The summed E-state index contributed by atoms with van der Waals surface area (Å²) in [7, 11) is 0. The fourth-order valence-electron chi connectivity index (χ4n) is 2.74. The summed E-state index contributed by atoms with van der Waals surface area (Å²) >= 11 is 0. The van der Waals surface area contributed by atoms with Gasteiger partial charge in [0, 0.05) is 12.1 Å². The zero-order chi connectivity index (χ0) is 15.5. The first-order chi connectivity index (χ1) is 10.7.